The van der Waals surface area contributed by atoms with Crippen LogP contribution in [0.15, 0.2) is 54.6 Å². The van der Waals surface area contributed by atoms with E-state index in [2.05, 4.69) is 12.2 Å². The van der Waals surface area contributed by atoms with Crippen molar-refractivity contribution in [2.45, 2.75) is 59.9 Å². The zero-order chi connectivity index (χ0) is 26.5. The highest BCUT2D eigenvalue weighted by molar-refractivity contribution is 5.85. The molecule has 0 saturated heterocycles. The lowest BCUT2D eigenvalue weighted by Gasteiger charge is -2.19. The highest BCUT2D eigenvalue weighted by Gasteiger charge is 2.21. The number of nitrogens with one attached hydrogen (secondary N) is 1. The van der Waals surface area contributed by atoms with Gasteiger partial charge in [-0.1, -0.05) is 48.0 Å². The molecule has 1 N–H and O–H groups in total. The van der Waals surface area contributed by atoms with Gasteiger partial charge in [-0.3, -0.25) is 9.59 Å². The highest BCUT2D eigenvalue weighted by atomic mass is 16.5. The van der Waals surface area contributed by atoms with Gasteiger partial charge in [0.25, 0.3) is 0 Å². The molecule has 0 bridgehead atoms. The number of carbonyl (C=O) groups is 2. The van der Waals surface area contributed by atoms with Gasteiger partial charge in [0.1, 0.15) is 0 Å². The van der Waals surface area contributed by atoms with Crippen LogP contribution in [-0.2, 0) is 20.7 Å². The predicted octanol–water partition coefficient (Wildman–Crippen LogP) is 5.40. The Bertz CT molecular complexity index is 1410. The molecule has 192 valence electrons. The van der Waals surface area contributed by atoms with Crippen molar-refractivity contribution < 1.29 is 14.3 Å². The average Bonchev–Trinajstić information content (AvgIpc) is 3.20. The van der Waals surface area contributed by atoms with Gasteiger partial charge < -0.3 is 10.1 Å². The normalized spacial score (nSPS) is 11.9. The van der Waals surface area contributed by atoms with E-state index in [0.717, 1.165) is 50.4 Å². The Balaban J connectivity index is 1.54. The molecule has 1 atom stereocenters. The molecule has 0 aliphatic rings. The molecule has 7 nitrogen and oxygen atoms in total. The summed E-state index contributed by atoms with van der Waals surface area (Å²) in [4.78, 5) is 30.2. The van der Waals surface area contributed by atoms with Gasteiger partial charge in [-0.05, 0) is 69.9 Å². The molecule has 0 saturated carbocycles. The van der Waals surface area contributed by atoms with E-state index in [1.54, 1.807) is 6.92 Å². The first kappa shape index (κ1) is 26.1. The average molecular weight is 499 g/mol. The van der Waals surface area contributed by atoms with Crippen LogP contribution in [-0.4, -0.2) is 33.2 Å². The third kappa shape index (κ3) is 5.88. The van der Waals surface area contributed by atoms with Crippen LogP contribution >= 0.6 is 0 Å². The number of aromatic nitrogens is 3. The summed E-state index contributed by atoms with van der Waals surface area (Å²) in [7, 11) is 0. The van der Waals surface area contributed by atoms with E-state index in [0.29, 0.717) is 13.0 Å². The molecule has 1 unspecified atom stereocenters. The molecule has 4 rings (SSSR count). The maximum atomic E-state index is 13.0. The zero-order valence-electron chi connectivity index (χ0n) is 22.2. The summed E-state index contributed by atoms with van der Waals surface area (Å²) in [5.41, 5.74) is 7.71. The van der Waals surface area contributed by atoms with Crippen molar-refractivity contribution in [3.63, 3.8) is 0 Å². The molecule has 0 radical (unpaired) electrons. The summed E-state index contributed by atoms with van der Waals surface area (Å²) in [5, 5.41) is 8.82. The van der Waals surface area contributed by atoms with Crippen LogP contribution in [0.5, 0.6) is 0 Å². The second-order valence-electron chi connectivity index (χ2n) is 9.37. The molecule has 7 heteroatoms. The molecule has 0 aliphatic heterocycles. The molecule has 2 aromatic heterocycles. The van der Waals surface area contributed by atoms with Gasteiger partial charge in [0, 0.05) is 17.5 Å². The summed E-state index contributed by atoms with van der Waals surface area (Å²) < 4.78 is 7.02. The van der Waals surface area contributed by atoms with Crippen molar-refractivity contribution in [1.29, 1.82) is 0 Å². The van der Waals surface area contributed by atoms with Crippen LogP contribution in [0.3, 0.4) is 0 Å². The lowest BCUT2D eigenvalue weighted by atomic mass is 9.98. The number of benzene rings is 2. The summed E-state index contributed by atoms with van der Waals surface area (Å²) in [6, 6.07) is 17.4. The highest BCUT2D eigenvalue weighted by Crippen LogP contribution is 2.28. The number of fused-ring (bicyclic) bond motifs is 1. The van der Waals surface area contributed by atoms with E-state index in [1.807, 2.05) is 80.1 Å². The predicted molar refractivity (Wildman–Crippen MR) is 145 cm³/mol. The van der Waals surface area contributed by atoms with E-state index < -0.39 is 6.04 Å². The first-order chi connectivity index (χ1) is 17.8. The van der Waals surface area contributed by atoms with Gasteiger partial charge in [0.05, 0.1) is 30.5 Å². The fraction of sp³-hybridized carbons (Fsp3) is 0.333. The Hall–Kier alpha value is -4.00. The maximum absolute atomic E-state index is 13.0. The molecule has 2 aromatic carbocycles. The van der Waals surface area contributed by atoms with Crippen LogP contribution in [0.25, 0.3) is 16.7 Å². The lowest BCUT2D eigenvalue weighted by Crippen LogP contribution is -2.31. The number of nitrogens with zero attached hydrogens (tertiary/aromatic N) is 3. The molecule has 0 fully saturated rings. The zero-order valence-corrected chi connectivity index (χ0v) is 22.2. The van der Waals surface area contributed by atoms with Gasteiger partial charge in [-0.15, -0.1) is 0 Å². The van der Waals surface area contributed by atoms with Crippen molar-refractivity contribution >= 4 is 22.9 Å². The number of hydrogen-bond acceptors (Lipinski definition) is 5. The molecule has 2 heterocycles. The Morgan fingerprint density at radius 3 is 2.35 bits per heavy atom. The number of pyridine rings is 1. The minimum atomic E-state index is -0.443. The number of rotatable bonds is 9. The number of para-hydroxylation sites is 1. The van der Waals surface area contributed by atoms with Crippen molar-refractivity contribution in [3.05, 3.63) is 88.2 Å². The second kappa shape index (κ2) is 11.4. The van der Waals surface area contributed by atoms with Crippen LogP contribution in [0.1, 0.15) is 59.4 Å². The van der Waals surface area contributed by atoms with Crippen molar-refractivity contribution in [2.75, 3.05) is 6.61 Å². The quantitative estimate of drug-likeness (QED) is 0.312. The molecule has 1 amide bonds. The van der Waals surface area contributed by atoms with Crippen molar-refractivity contribution in [3.8, 4) is 5.69 Å². The van der Waals surface area contributed by atoms with Gasteiger partial charge in [-0.2, -0.15) is 5.10 Å². The van der Waals surface area contributed by atoms with E-state index in [4.69, 9.17) is 14.8 Å². The second-order valence-corrected chi connectivity index (χ2v) is 9.37. The fourth-order valence-electron chi connectivity index (χ4n) is 4.77. The number of amides is 1. The first-order valence-corrected chi connectivity index (χ1v) is 12.7. The maximum Gasteiger partial charge on any atom is 0.308 e. The molecular formula is C30H34N4O3. The summed E-state index contributed by atoms with van der Waals surface area (Å²) in [6.45, 7) is 10.1. The van der Waals surface area contributed by atoms with Crippen LogP contribution in [0, 0.1) is 27.7 Å². The Kier molecular flexibility index (Phi) is 8.01. The monoisotopic (exact) mass is 498 g/mol. The number of ether oxygens (including phenoxy) is 1. The SMILES string of the molecule is CCOC(=O)CC(NC(=O)CCc1c(C)nc2c(c(C)nn2-c2ccccc2)c1C)c1ccc(C)cc1. The summed E-state index contributed by atoms with van der Waals surface area (Å²) >= 11 is 0. The smallest absolute Gasteiger partial charge is 0.308 e. The molecule has 4 aromatic rings. The van der Waals surface area contributed by atoms with Gasteiger partial charge >= 0.3 is 5.97 Å². The third-order valence-corrected chi connectivity index (χ3v) is 6.67. The van der Waals surface area contributed by atoms with Crippen LogP contribution in [0.2, 0.25) is 0 Å². The molecule has 0 spiro atoms. The van der Waals surface area contributed by atoms with Crippen molar-refractivity contribution in [1.82, 2.24) is 20.1 Å². The Labute approximate surface area is 217 Å². The topological polar surface area (TPSA) is 86.1 Å². The number of hydrogen-bond donors (Lipinski definition) is 1. The minimum absolute atomic E-state index is 0.0894. The molecule has 37 heavy (non-hydrogen) atoms. The summed E-state index contributed by atoms with van der Waals surface area (Å²) in [5.74, 6) is -0.453. The lowest BCUT2D eigenvalue weighted by molar-refractivity contribution is -0.143. The van der Waals surface area contributed by atoms with Gasteiger partial charge in [0.15, 0.2) is 5.65 Å². The standard InChI is InChI=1S/C30H34N4O3/c1-6-37-28(36)18-26(23-14-12-19(2)13-15-23)32-27(35)17-16-25-20(3)29-22(5)33-34(30(29)31-21(25)4)24-10-8-7-9-11-24/h7-15,26H,6,16-18H2,1-5H3,(H,32,35). The van der Waals surface area contributed by atoms with E-state index in [-0.39, 0.29) is 24.7 Å². The Morgan fingerprint density at radius 2 is 1.68 bits per heavy atom. The van der Waals surface area contributed by atoms with Crippen LogP contribution < -0.4 is 5.32 Å². The Morgan fingerprint density at radius 1 is 0.973 bits per heavy atom. The van der Waals surface area contributed by atoms with E-state index in [1.165, 1.54) is 0 Å². The van der Waals surface area contributed by atoms with Crippen LogP contribution in [0.4, 0.5) is 0 Å². The number of carbonyl (C=O) groups excluding carboxylic acids is 2. The number of esters is 1. The van der Waals surface area contributed by atoms with E-state index >= 15 is 0 Å². The largest absolute Gasteiger partial charge is 0.466 e. The minimum Gasteiger partial charge on any atom is -0.466 e. The van der Waals surface area contributed by atoms with Crippen molar-refractivity contribution in [2.24, 2.45) is 0 Å². The number of aryl methyl sites for hydroxylation is 4. The van der Waals surface area contributed by atoms with Gasteiger partial charge in [-0.25, -0.2) is 9.67 Å². The third-order valence-electron chi connectivity index (χ3n) is 6.67. The van der Waals surface area contributed by atoms with Gasteiger partial charge in [0.2, 0.25) is 5.91 Å². The molecular weight excluding hydrogens is 464 g/mol. The molecule has 0 aliphatic carbocycles. The fourth-order valence-corrected chi connectivity index (χ4v) is 4.77. The van der Waals surface area contributed by atoms with E-state index in [9.17, 15) is 9.59 Å². The first-order valence-electron chi connectivity index (χ1n) is 12.7. The summed E-state index contributed by atoms with van der Waals surface area (Å²) in [6.07, 6.45) is 0.917.